The van der Waals surface area contributed by atoms with Gasteiger partial charge in [-0.1, -0.05) is 38.1 Å². The molecule has 0 heterocycles. The standard InChI is InChI=1S/2C16H12O4.C2H6/c1-19-9-3-5-11-13(7-9)14-8-10(20-2)4-6-12(14)16(18)15(11)17;1-19-11-7-3-5-9-10-6-4-8-12(20-2)14(10)16(18)15(17)13(9)11;1-2/h2*3-8H,1-2H3;1-2H3. The Kier molecular flexibility index (Phi) is 8.86. The quantitative estimate of drug-likeness (QED) is 0.257. The van der Waals surface area contributed by atoms with Gasteiger partial charge in [0.25, 0.3) is 0 Å². The molecule has 0 aliphatic heterocycles. The van der Waals surface area contributed by atoms with Crippen LogP contribution in [0.4, 0.5) is 0 Å². The third-order valence-corrected chi connectivity index (χ3v) is 6.88. The lowest BCUT2D eigenvalue weighted by molar-refractivity contribution is 0.0811. The lowest BCUT2D eigenvalue weighted by Crippen LogP contribution is -2.22. The van der Waals surface area contributed by atoms with Crippen LogP contribution in [0.3, 0.4) is 0 Å². The van der Waals surface area contributed by atoms with Gasteiger partial charge in [0.2, 0.25) is 23.1 Å². The molecule has 8 heteroatoms. The van der Waals surface area contributed by atoms with E-state index in [-0.39, 0.29) is 0 Å². The number of methoxy groups -OCH3 is 4. The monoisotopic (exact) mass is 566 g/mol. The zero-order valence-corrected chi connectivity index (χ0v) is 24.2. The Morgan fingerprint density at radius 3 is 1.12 bits per heavy atom. The second kappa shape index (κ2) is 12.5. The van der Waals surface area contributed by atoms with E-state index in [4.69, 9.17) is 18.9 Å². The van der Waals surface area contributed by atoms with E-state index in [0.29, 0.717) is 67.5 Å². The van der Waals surface area contributed by atoms with Crippen LogP contribution in [0.25, 0.3) is 22.3 Å². The number of carbonyl (C=O) groups excluding carboxylic acids is 4. The molecule has 0 bridgehead atoms. The van der Waals surface area contributed by atoms with Crippen LogP contribution in [-0.2, 0) is 0 Å². The SMILES string of the molecule is CC.COc1ccc2c(c1)-c1cc(OC)ccc1C(=O)C2=O.COc1cccc2c1C(=O)C(=O)c1c(OC)cccc1-2. The fraction of sp³-hybridized carbons (Fsp3) is 0.176. The number of ether oxygens (including phenoxy) is 4. The molecular formula is C34H30O8. The van der Waals surface area contributed by atoms with Crippen LogP contribution >= 0.6 is 0 Å². The Labute approximate surface area is 243 Å². The molecule has 6 rings (SSSR count). The molecule has 0 N–H and O–H groups in total. The highest BCUT2D eigenvalue weighted by molar-refractivity contribution is 6.54. The van der Waals surface area contributed by atoms with Gasteiger partial charge in [-0.25, -0.2) is 0 Å². The van der Waals surface area contributed by atoms with Crippen molar-refractivity contribution >= 4 is 23.1 Å². The van der Waals surface area contributed by atoms with Crippen molar-refractivity contribution in [3.8, 4) is 45.3 Å². The highest BCUT2D eigenvalue weighted by Gasteiger charge is 2.35. The van der Waals surface area contributed by atoms with E-state index < -0.39 is 23.1 Å². The van der Waals surface area contributed by atoms with Gasteiger partial charge in [-0.15, -0.1) is 0 Å². The fourth-order valence-corrected chi connectivity index (χ4v) is 4.93. The van der Waals surface area contributed by atoms with Crippen molar-refractivity contribution in [3.63, 3.8) is 0 Å². The Bertz CT molecular complexity index is 1590. The van der Waals surface area contributed by atoms with Crippen molar-refractivity contribution < 1.29 is 38.1 Å². The molecule has 0 spiro atoms. The number of benzene rings is 4. The van der Waals surface area contributed by atoms with Crippen LogP contribution in [0.2, 0.25) is 0 Å². The van der Waals surface area contributed by atoms with E-state index in [2.05, 4.69) is 0 Å². The molecule has 0 fully saturated rings. The van der Waals surface area contributed by atoms with E-state index in [0.717, 1.165) is 0 Å². The van der Waals surface area contributed by atoms with Crippen LogP contribution in [0, 0.1) is 0 Å². The largest absolute Gasteiger partial charge is 0.497 e. The maximum atomic E-state index is 12.3. The van der Waals surface area contributed by atoms with Gasteiger partial charge in [-0.3, -0.25) is 19.2 Å². The highest BCUT2D eigenvalue weighted by atomic mass is 16.5. The molecule has 4 aromatic rings. The van der Waals surface area contributed by atoms with Gasteiger partial charge in [0.15, 0.2) is 0 Å². The topological polar surface area (TPSA) is 105 Å². The first-order valence-corrected chi connectivity index (χ1v) is 13.2. The van der Waals surface area contributed by atoms with Gasteiger partial charge in [-0.2, -0.15) is 0 Å². The molecule has 8 nitrogen and oxygen atoms in total. The maximum Gasteiger partial charge on any atom is 0.238 e. The summed E-state index contributed by atoms with van der Waals surface area (Å²) in [6.45, 7) is 4.00. The number of Topliss-reactive ketones (excluding diaryl/α,β-unsaturated/α-hetero) is 4. The van der Waals surface area contributed by atoms with Gasteiger partial charge < -0.3 is 18.9 Å². The van der Waals surface area contributed by atoms with Crippen LogP contribution in [-0.4, -0.2) is 51.6 Å². The lowest BCUT2D eigenvalue weighted by atomic mass is 9.83. The van der Waals surface area contributed by atoms with Gasteiger partial charge >= 0.3 is 0 Å². The second-order valence-electron chi connectivity index (χ2n) is 8.91. The van der Waals surface area contributed by atoms with Crippen LogP contribution in [0.1, 0.15) is 55.3 Å². The Morgan fingerprint density at radius 2 is 0.786 bits per heavy atom. The predicted octanol–water partition coefficient (Wildman–Crippen LogP) is 6.53. The number of carbonyl (C=O) groups is 4. The molecule has 0 unspecified atom stereocenters. The summed E-state index contributed by atoms with van der Waals surface area (Å²) in [6, 6.07) is 20.7. The summed E-state index contributed by atoms with van der Waals surface area (Å²) in [6.07, 6.45) is 0. The summed E-state index contributed by atoms with van der Waals surface area (Å²) >= 11 is 0. The summed E-state index contributed by atoms with van der Waals surface area (Å²) < 4.78 is 20.8. The van der Waals surface area contributed by atoms with E-state index >= 15 is 0 Å². The van der Waals surface area contributed by atoms with Crippen molar-refractivity contribution in [1.29, 1.82) is 0 Å². The average molecular weight is 567 g/mol. The molecule has 0 amide bonds. The maximum absolute atomic E-state index is 12.3. The molecule has 0 saturated heterocycles. The zero-order chi connectivity index (χ0) is 30.6. The first-order valence-electron chi connectivity index (χ1n) is 13.2. The highest BCUT2D eigenvalue weighted by Crippen LogP contribution is 2.41. The molecule has 2 aliphatic rings. The summed E-state index contributed by atoms with van der Waals surface area (Å²) in [7, 11) is 6.08. The number of hydrogen-bond donors (Lipinski definition) is 0. The van der Waals surface area contributed by atoms with E-state index in [1.165, 1.54) is 14.2 Å². The molecule has 0 saturated carbocycles. The molecule has 0 atom stereocenters. The fourth-order valence-electron chi connectivity index (χ4n) is 4.93. The predicted molar refractivity (Wildman–Crippen MR) is 159 cm³/mol. The summed E-state index contributed by atoms with van der Waals surface area (Å²) in [5.74, 6) is 0.00696. The molecule has 42 heavy (non-hydrogen) atoms. The lowest BCUT2D eigenvalue weighted by Gasteiger charge is -2.21. The first-order chi connectivity index (χ1) is 20.3. The van der Waals surface area contributed by atoms with Gasteiger partial charge in [0.05, 0.1) is 39.6 Å². The molecular weight excluding hydrogens is 536 g/mol. The van der Waals surface area contributed by atoms with Gasteiger partial charge in [-0.05, 0) is 70.8 Å². The zero-order valence-electron chi connectivity index (χ0n) is 24.2. The molecule has 214 valence electrons. The summed E-state index contributed by atoms with van der Waals surface area (Å²) in [4.78, 5) is 48.9. The average Bonchev–Trinajstić information content (AvgIpc) is 3.05. The number of hydrogen-bond acceptors (Lipinski definition) is 8. The Hall–Kier alpha value is -5.24. The van der Waals surface area contributed by atoms with E-state index in [9.17, 15) is 19.2 Å². The smallest absolute Gasteiger partial charge is 0.238 e. The van der Waals surface area contributed by atoms with Crippen molar-refractivity contribution in [2.24, 2.45) is 0 Å². The van der Waals surface area contributed by atoms with Crippen molar-refractivity contribution in [2.45, 2.75) is 13.8 Å². The number of rotatable bonds is 4. The molecule has 0 aromatic heterocycles. The third-order valence-electron chi connectivity index (χ3n) is 6.88. The Balaban J connectivity index is 0.000000182. The van der Waals surface area contributed by atoms with E-state index in [1.807, 2.05) is 13.8 Å². The van der Waals surface area contributed by atoms with E-state index in [1.54, 1.807) is 87.0 Å². The minimum absolute atomic E-state index is 0.320. The third kappa shape index (κ3) is 5.03. The van der Waals surface area contributed by atoms with Crippen LogP contribution in [0.5, 0.6) is 23.0 Å². The summed E-state index contributed by atoms with van der Waals surface area (Å²) in [5.41, 5.74) is 4.23. The minimum atomic E-state index is -0.561. The summed E-state index contributed by atoms with van der Waals surface area (Å²) in [5, 5.41) is 0. The minimum Gasteiger partial charge on any atom is -0.497 e. The normalized spacial score (nSPS) is 12.2. The molecule has 0 radical (unpaired) electrons. The number of ketones is 4. The van der Waals surface area contributed by atoms with Crippen molar-refractivity contribution in [1.82, 2.24) is 0 Å². The Morgan fingerprint density at radius 1 is 0.405 bits per heavy atom. The van der Waals surface area contributed by atoms with Gasteiger partial charge in [0.1, 0.15) is 23.0 Å². The second-order valence-corrected chi connectivity index (χ2v) is 8.91. The molecule has 4 aromatic carbocycles. The molecule has 2 aliphatic carbocycles. The van der Waals surface area contributed by atoms with Crippen molar-refractivity contribution in [3.05, 3.63) is 95.1 Å². The van der Waals surface area contributed by atoms with Crippen LogP contribution < -0.4 is 18.9 Å². The van der Waals surface area contributed by atoms with Crippen molar-refractivity contribution in [2.75, 3.05) is 28.4 Å². The first kappa shape index (κ1) is 29.7. The van der Waals surface area contributed by atoms with Gasteiger partial charge in [0, 0.05) is 11.1 Å². The van der Waals surface area contributed by atoms with Crippen LogP contribution in [0.15, 0.2) is 72.8 Å². The number of fused-ring (bicyclic) bond motifs is 6.